The fourth-order valence-electron chi connectivity index (χ4n) is 9.28. The fourth-order valence-corrected chi connectivity index (χ4v) is 9.28. The van der Waals surface area contributed by atoms with E-state index in [-0.39, 0.29) is 97.1 Å². The monoisotopic (exact) mass is 823 g/mol. The summed E-state index contributed by atoms with van der Waals surface area (Å²) >= 11 is 0. The van der Waals surface area contributed by atoms with Gasteiger partial charge in [-0.2, -0.15) is 0 Å². The highest BCUT2D eigenvalue weighted by molar-refractivity contribution is 5.19. The highest BCUT2D eigenvalue weighted by Crippen LogP contribution is 2.43. The van der Waals surface area contributed by atoms with Crippen molar-refractivity contribution in [3.05, 3.63) is 47.6 Å². The third-order valence-corrected chi connectivity index (χ3v) is 13.5. The van der Waals surface area contributed by atoms with Crippen molar-refractivity contribution in [2.24, 2.45) is 29.6 Å². The van der Waals surface area contributed by atoms with Crippen molar-refractivity contribution in [2.45, 2.75) is 173 Å². The molecule has 0 aromatic rings. The molecule has 4 aliphatic heterocycles. The summed E-state index contributed by atoms with van der Waals surface area (Å²) in [4.78, 5) is 0. The quantitative estimate of drug-likeness (QED) is 0.0818. The smallest absolute Gasteiger partial charge is 0.174 e. The minimum Gasteiger partial charge on any atom is -0.390 e. The normalized spacial score (nSPS) is 37.3. The average Bonchev–Trinajstić information content (AvgIpc) is 4.03. The lowest BCUT2D eigenvalue weighted by Gasteiger charge is -2.50. The van der Waals surface area contributed by atoms with Crippen LogP contribution in [0, 0.1) is 29.6 Å². The molecule has 12 heteroatoms. The first-order valence-corrected chi connectivity index (χ1v) is 21.6. The highest BCUT2D eigenvalue weighted by Gasteiger charge is 2.52. The Labute approximate surface area is 349 Å². The zero-order valence-corrected chi connectivity index (χ0v) is 37.7. The number of hydrogen-bond donors (Lipinski definition) is 2. The molecule has 18 atom stereocenters. The van der Waals surface area contributed by atoms with Gasteiger partial charge in [0, 0.05) is 85.6 Å². The van der Waals surface area contributed by atoms with Gasteiger partial charge in [-0.1, -0.05) is 71.1 Å². The molecule has 0 aromatic heterocycles. The Morgan fingerprint density at radius 3 is 1.97 bits per heavy atom. The summed E-state index contributed by atoms with van der Waals surface area (Å²) in [6.07, 6.45) is 15.3. The molecule has 4 aliphatic rings. The Kier molecular flexibility index (Phi) is 19.5. The number of allylic oxidation sites excluding steroid dienone is 4. The molecule has 58 heavy (non-hydrogen) atoms. The van der Waals surface area contributed by atoms with Crippen molar-refractivity contribution < 1.29 is 57.6 Å². The number of ether oxygens (including phenoxy) is 10. The molecular weight excluding hydrogens is 744 g/mol. The summed E-state index contributed by atoms with van der Waals surface area (Å²) in [6.45, 7) is 14.4. The van der Waals surface area contributed by atoms with Crippen LogP contribution in [0.2, 0.25) is 0 Å². The van der Waals surface area contributed by atoms with Crippen molar-refractivity contribution in [3.8, 4) is 0 Å². The van der Waals surface area contributed by atoms with E-state index in [0.29, 0.717) is 12.8 Å². The molecule has 2 N–H and O–H groups in total. The second kappa shape index (κ2) is 23.1. The van der Waals surface area contributed by atoms with Crippen LogP contribution >= 0.6 is 0 Å². The predicted octanol–water partition coefficient (Wildman–Crippen LogP) is 6.92. The fraction of sp³-hybridized carbons (Fsp3) is 0.826. The third kappa shape index (κ3) is 12.3. The van der Waals surface area contributed by atoms with E-state index in [1.54, 1.807) is 42.7 Å². The Morgan fingerprint density at radius 2 is 1.38 bits per heavy atom. The van der Waals surface area contributed by atoms with Gasteiger partial charge < -0.3 is 57.6 Å². The number of hydrogen-bond acceptors (Lipinski definition) is 12. The highest BCUT2D eigenvalue weighted by atomic mass is 16.7. The lowest BCUT2D eigenvalue weighted by Crippen LogP contribution is -2.58. The van der Waals surface area contributed by atoms with Crippen LogP contribution in [0.5, 0.6) is 0 Å². The molecule has 0 saturated carbocycles. The summed E-state index contributed by atoms with van der Waals surface area (Å²) < 4.78 is 59.3. The number of epoxide rings is 1. The van der Waals surface area contributed by atoms with Crippen LogP contribution in [-0.2, 0) is 47.4 Å². The van der Waals surface area contributed by atoms with E-state index in [1.807, 2.05) is 57.2 Å². The number of methoxy groups -OCH3 is 6. The van der Waals surface area contributed by atoms with Crippen LogP contribution in [0.4, 0.5) is 0 Å². The van der Waals surface area contributed by atoms with E-state index in [1.165, 1.54) is 0 Å². The SMILES string of the molecule is CC[C@H](OC)[C@@H](C)[C@@H]1O[C@H]1[C@H](O)[C@@H](C)/C=C/C=C(\C)[C@H]1O[C@@H](OC)CC(CC[C@H](OC)[C@@H](C)[C@H]2CC(O)([C@@H](C)/C=C/C=C(\C)[C@H]3O[C@@H](OC)CC[C@H]3OC)O2)[C@@H]1OC. The third-order valence-electron chi connectivity index (χ3n) is 13.5. The standard InChI is InChI=1S/C46H78O12/c1-14-34(49-8)32(7)43-45(57-43)40(47)27(2)17-15-18-29(4)42-44(54-13)33(25-39(53-12)56-42)21-22-35(50-9)31(6)37-26-46(48,58-37)30(5)20-16-19-28(3)41-36(51-10)23-24-38(52-11)55-41/h15-20,27,30-45,47-48H,14,21-26H2,1-13H3/b17-15+,20-16+,28-19+,29-18+/t27-,30-,31+,32+,33?,34-,35-,36+,37+,38+,39+,40+,41+,42+,43-,44-,45-,46?/m0/s1. The van der Waals surface area contributed by atoms with Crippen molar-refractivity contribution in [1.29, 1.82) is 0 Å². The summed E-state index contributed by atoms with van der Waals surface area (Å²) in [5, 5.41) is 22.4. The average molecular weight is 823 g/mol. The summed E-state index contributed by atoms with van der Waals surface area (Å²) in [5.41, 5.74) is 2.06. The molecule has 0 radical (unpaired) electrons. The molecule has 12 nitrogen and oxygen atoms in total. The van der Waals surface area contributed by atoms with Gasteiger partial charge in [0.05, 0.1) is 42.7 Å². The molecule has 0 aliphatic carbocycles. The molecule has 2 unspecified atom stereocenters. The lowest BCUT2D eigenvalue weighted by molar-refractivity contribution is -0.351. The van der Waals surface area contributed by atoms with Crippen molar-refractivity contribution in [1.82, 2.24) is 0 Å². The Bertz CT molecular complexity index is 1340. The second-order valence-electron chi connectivity index (χ2n) is 17.2. The Balaban J connectivity index is 1.30. The topological polar surface area (TPSA) is 136 Å². The molecule has 334 valence electrons. The van der Waals surface area contributed by atoms with E-state index < -0.39 is 11.9 Å². The molecule has 4 fully saturated rings. The number of rotatable bonds is 23. The van der Waals surface area contributed by atoms with Crippen molar-refractivity contribution >= 4 is 0 Å². The largest absolute Gasteiger partial charge is 0.390 e. The van der Waals surface area contributed by atoms with E-state index in [4.69, 9.17) is 47.4 Å². The van der Waals surface area contributed by atoms with Crippen LogP contribution in [0.3, 0.4) is 0 Å². The maximum atomic E-state index is 11.4. The van der Waals surface area contributed by atoms with Crippen LogP contribution in [0.1, 0.15) is 93.4 Å². The minimum atomic E-state index is -1.24. The Hall–Kier alpha value is -1.52. The Morgan fingerprint density at radius 1 is 0.759 bits per heavy atom. The molecule has 0 bridgehead atoms. The number of aliphatic hydroxyl groups excluding tert-OH is 1. The van der Waals surface area contributed by atoms with Gasteiger partial charge in [0.1, 0.15) is 18.3 Å². The zero-order chi connectivity index (χ0) is 42.7. The van der Waals surface area contributed by atoms with Gasteiger partial charge >= 0.3 is 0 Å². The van der Waals surface area contributed by atoms with E-state index in [9.17, 15) is 10.2 Å². The first-order valence-electron chi connectivity index (χ1n) is 21.6. The number of aliphatic hydroxyl groups is 2. The molecule has 4 saturated heterocycles. The molecular formula is C46H78O12. The van der Waals surface area contributed by atoms with Gasteiger partial charge in [-0.3, -0.25) is 0 Å². The predicted molar refractivity (Wildman–Crippen MR) is 223 cm³/mol. The van der Waals surface area contributed by atoms with Crippen LogP contribution < -0.4 is 0 Å². The first kappa shape index (κ1) is 49.1. The van der Waals surface area contributed by atoms with E-state index in [2.05, 4.69) is 27.7 Å². The van der Waals surface area contributed by atoms with Gasteiger partial charge in [-0.25, -0.2) is 0 Å². The van der Waals surface area contributed by atoms with Gasteiger partial charge in [-0.05, 0) is 56.6 Å². The maximum absolute atomic E-state index is 11.4. The van der Waals surface area contributed by atoms with Crippen LogP contribution in [0.25, 0.3) is 0 Å². The van der Waals surface area contributed by atoms with Gasteiger partial charge in [0.2, 0.25) is 0 Å². The minimum absolute atomic E-state index is 0.00589. The van der Waals surface area contributed by atoms with Crippen molar-refractivity contribution in [3.63, 3.8) is 0 Å². The first-order chi connectivity index (χ1) is 27.7. The van der Waals surface area contributed by atoms with Gasteiger partial charge in [0.15, 0.2) is 18.4 Å². The van der Waals surface area contributed by atoms with Gasteiger partial charge in [-0.15, -0.1) is 0 Å². The molecule has 0 aromatic carbocycles. The molecule has 4 rings (SSSR count). The van der Waals surface area contributed by atoms with E-state index >= 15 is 0 Å². The zero-order valence-electron chi connectivity index (χ0n) is 37.7. The second-order valence-corrected chi connectivity index (χ2v) is 17.2. The van der Waals surface area contributed by atoms with E-state index in [0.717, 1.165) is 43.3 Å². The van der Waals surface area contributed by atoms with Crippen molar-refractivity contribution in [2.75, 3.05) is 42.7 Å². The summed E-state index contributed by atoms with van der Waals surface area (Å²) in [5.74, 6) is -1.10. The van der Waals surface area contributed by atoms with Crippen LogP contribution in [0.15, 0.2) is 47.6 Å². The van der Waals surface area contributed by atoms with Gasteiger partial charge in [0.25, 0.3) is 0 Å². The molecule has 4 heterocycles. The molecule has 0 amide bonds. The van der Waals surface area contributed by atoms with Crippen LogP contribution in [-0.4, -0.2) is 132 Å². The lowest BCUT2D eigenvalue weighted by atomic mass is 9.79. The molecule has 0 spiro atoms. The summed E-state index contributed by atoms with van der Waals surface area (Å²) in [7, 11) is 10.3. The summed E-state index contributed by atoms with van der Waals surface area (Å²) in [6, 6.07) is 0. The maximum Gasteiger partial charge on any atom is 0.174 e.